The van der Waals surface area contributed by atoms with Gasteiger partial charge in [0.05, 0.1) is 31.2 Å². The molecule has 0 spiro atoms. The Hall–Kier alpha value is -3.53. The van der Waals surface area contributed by atoms with Gasteiger partial charge in [-0.05, 0) is 24.3 Å². The predicted molar refractivity (Wildman–Crippen MR) is 97.4 cm³/mol. The monoisotopic (exact) mass is 353 g/mol. The molecule has 0 aliphatic heterocycles. The molecule has 0 fully saturated rings. The molecule has 26 heavy (non-hydrogen) atoms. The number of anilines is 2. The summed E-state index contributed by atoms with van der Waals surface area (Å²) in [6.45, 7) is 1.10. The number of amides is 2. The van der Waals surface area contributed by atoms with Gasteiger partial charge in [-0.1, -0.05) is 12.1 Å². The molecule has 134 valence electrons. The highest BCUT2D eigenvalue weighted by Gasteiger charge is 2.19. The van der Waals surface area contributed by atoms with E-state index in [1.165, 1.54) is 26.0 Å². The van der Waals surface area contributed by atoms with Gasteiger partial charge in [0.1, 0.15) is 24.1 Å². The van der Waals surface area contributed by atoms with Crippen LogP contribution in [0.5, 0.6) is 11.5 Å². The second-order valence-electron chi connectivity index (χ2n) is 5.35. The van der Waals surface area contributed by atoms with Crippen molar-refractivity contribution in [2.45, 2.75) is 6.92 Å². The number of carbonyl (C=O) groups is 2. The highest BCUT2D eigenvalue weighted by molar-refractivity contribution is 6.03. The van der Waals surface area contributed by atoms with Gasteiger partial charge in [-0.3, -0.25) is 9.59 Å². The minimum Gasteiger partial charge on any atom is -0.497 e. The third-order valence-corrected chi connectivity index (χ3v) is 3.68. The Morgan fingerprint density at radius 2 is 1.88 bits per heavy atom. The van der Waals surface area contributed by atoms with Crippen molar-refractivity contribution >= 4 is 23.2 Å². The fourth-order valence-corrected chi connectivity index (χ4v) is 2.41. The minimum atomic E-state index is -0.431. The first kappa shape index (κ1) is 18.8. The number of nitriles is 1. The molecule has 0 radical (unpaired) electrons. The molecule has 2 aromatic rings. The van der Waals surface area contributed by atoms with Crippen molar-refractivity contribution in [3.05, 3.63) is 48.0 Å². The van der Waals surface area contributed by atoms with Gasteiger partial charge in [0.2, 0.25) is 11.8 Å². The van der Waals surface area contributed by atoms with Crippen LogP contribution < -0.4 is 19.7 Å². The van der Waals surface area contributed by atoms with Gasteiger partial charge in [0.25, 0.3) is 0 Å². The zero-order chi connectivity index (χ0) is 19.1. The zero-order valence-corrected chi connectivity index (χ0v) is 14.8. The molecule has 1 N–H and O–H groups in total. The average molecular weight is 353 g/mol. The van der Waals surface area contributed by atoms with Gasteiger partial charge in [-0.25, -0.2) is 0 Å². The lowest BCUT2D eigenvalue weighted by Gasteiger charge is -2.22. The molecule has 2 aromatic carbocycles. The van der Waals surface area contributed by atoms with E-state index in [2.05, 4.69) is 5.32 Å². The Bertz CT molecular complexity index is 858. The zero-order valence-electron chi connectivity index (χ0n) is 14.8. The third-order valence-electron chi connectivity index (χ3n) is 3.68. The van der Waals surface area contributed by atoms with Gasteiger partial charge in [0, 0.05) is 13.0 Å². The number of nitrogens with zero attached hydrogens (tertiary/aromatic N) is 2. The van der Waals surface area contributed by atoms with E-state index in [0.717, 1.165) is 0 Å². The SMILES string of the molecule is COc1ccc(OC)c(NC(=O)CN(C(C)=O)c2ccccc2C#N)c1. The Kier molecular flexibility index (Phi) is 6.17. The van der Waals surface area contributed by atoms with Gasteiger partial charge in [0.15, 0.2) is 0 Å². The Balaban J connectivity index is 2.24. The Labute approximate surface area is 151 Å². The van der Waals surface area contributed by atoms with Gasteiger partial charge >= 0.3 is 0 Å². The van der Waals surface area contributed by atoms with E-state index in [1.807, 2.05) is 6.07 Å². The van der Waals surface area contributed by atoms with E-state index in [9.17, 15) is 14.9 Å². The highest BCUT2D eigenvalue weighted by Crippen LogP contribution is 2.29. The van der Waals surface area contributed by atoms with Crippen LogP contribution in [0.3, 0.4) is 0 Å². The molecule has 0 bridgehead atoms. The van der Waals surface area contributed by atoms with E-state index in [4.69, 9.17) is 9.47 Å². The lowest BCUT2D eigenvalue weighted by molar-refractivity contribution is -0.120. The summed E-state index contributed by atoms with van der Waals surface area (Å²) in [7, 11) is 3.01. The Morgan fingerprint density at radius 1 is 1.15 bits per heavy atom. The molecule has 2 amide bonds. The molecule has 0 unspecified atom stereocenters. The number of rotatable bonds is 6. The molecule has 0 saturated heterocycles. The van der Waals surface area contributed by atoms with Crippen LogP contribution in [0.2, 0.25) is 0 Å². The smallest absolute Gasteiger partial charge is 0.244 e. The quantitative estimate of drug-likeness (QED) is 0.862. The summed E-state index contributed by atoms with van der Waals surface area (Å²) >= 11 is 0. The van der Waals surface area contributed by atoms with Crippen molar-refractivity contribution in [3.63, 3.8) is 0 Å². The topological polar surface area (TPSA) is 91.7 Å². The normalized spacial score (nSPS) is 9.77. The van der Waals surface area contributed by atoms with Crippen molar-refractivity contribution in [2.24, 2.45) is 0 Å². The van der Waals surface area contributed by atoms with E-state index in [-0.39, 0.29) is 12.5 Å². The molecule has 0 saturated carbocycles. The van der Waals surface area contributed by atoms with Crippen LogP contribution in [0.25, 0.3) is 0 Å². The number of carbonyl (C=O) groups excluding carboxylic acids is 2. The fourth-order valence-electron chi connectivity index (χ4n) is 2.41. The second kappa shape index (κ2) is 8.53. The van der Waals surface area contributed by atoms with E-state index < -0.39 is 5.91 Å². The minimum absolute atomic E-state index is 0.242. The maximum absolute atomic E-state index is 12.5. The van der Waals surface area contributed by atoms with Gasteiger partial charge < -0.3 is 19.7 Å². The number of para-hydroxylation sites is 1. The molecule has 0 aliphatic carbocycles. The molecular formula is C19H19N3O4. The number of methoxy groups -OCH3 is 2. The van der Waals surface area contributed by atoms with E-state index in [1.54, 1.807) is 42.5 Å². The summed E-state index contributed by atoms with van der Waals surface area (Å²) in [5.74, 6) is 0.241. The Morgan fingerprint density at radius 3 is 2.50 bits per heavy atom. The number of hydrogen-bond acceptors (Lipinski definition) is 5. The molecule has 2 rings (SSSR count). The first-order chi connectivity index (χ1) is 12.5. The number of benzene rings is 2. The summed E-state index contributed by atoms with van der Waals surface area (Å²) in [4.78, 5) is 25.8. The fraction of sp³-hybridized carbons (Fsp3) is 0.211. The second-order valence-corrected chi connectivity index (χ2v) is 5.35. The van der Waals surface area contributed by atoms with Crippen LogP contribution in [0.4, 0.5) is 11.4 Å². The van der Waals surface area contributed by atoms with Crippen LogP contribution in [0.15, 0.2) is 42.5 Å². The van der Waals surface area contributed by atoms with Crippen molar-refractivity contribution in [2.75, 3.05) is 31.0 Å². The summed E-state index contributed by atoms with van der Waals surface area (Å²) in [6, 6.07) is 13.6. The van der Waals surface area contributed by atoms with Crippen LogP contribution in [-0.4, -0.2) is 32.6 Å². The number of hydrogen-bond donors (Lipinski definition) is 1. The molecule has 7 nitrogen and oxygen atoms in total. The molecule has 7 heteroatoms. The lowest BCUT2D eigenvalue weighted by Crippen LogP contribution is -2.37. The van der Waals surface area contributed by atoms with E-state index >= 15 is 0 Å². The maximum Gasteiger partial charge on any atom is 0.244 e. The molecular weight excluding hydrogens is 334 g/mol. The van der Waals surface area contributed by atoms with Crippen LogP contribution in [0, 0.1) is 11.3 Å². The van der Waals surface area contributed by atoms with Crippen LogP contribution >= 0.6 is 0 Å². The standard InChI is InChI=1S/C19H19N3O4/c1-13(23)22(17-7-5-4-6-14(17)11-20)12-19(24)21-16-10-15(25-2)8-9-18(16)26-3/h4-10H,12H2,1-3H3,(H,21,24). The molecule has 0 atom stereocenters. The highest BCUT2D eigenvalue weighted by atomic mass is 16.5. The van der Waals surface area contributed by atoms with Gasteiger partial charge in [-0.2, -0.15) is 5.26 Å². The van der Waals surface area contributed by atoms with Crippen LogP contribution in [0.1, 0.15) is 12.5 Å². The lowest BCUT2D eigenvalue weighted by atomic mass is 10.1. The van der Waals surface area contributed by atoms with E-state index in [0.29, 0.717) is 28.4 Å². The average Bonchev–Trinajstić information content (AvgIpc) is 2.65. The number of nitrogens with one attached hydrogen (secondary N) is 1. The van der Waals surface area contributed by atoms with Crippen molar-refractivity contribution in [1.82, 2.24) is 0 Å². The van der Waals surface area contributed by atoms with Crippen LogP contribution in [-0.2, 0) is 9.59 Å². The van der Waals surface area contributed by atoms with Crippen molar-refractivity contribution in [1.29, 1.82) is 5.26 Å². The van der Waals surface area contributed by atoms with Crippen molar-refractivity contribution < 1.29 is 19.1 Å². The molecule has 0 aromatic heterocycles. The summed E-state index contributed by atoms with van der Waals surface area (Å²) in [5, 5.41) is 11.9. The maximum atomic E-state index is 12.5. The van der Waals surface area contributed by atoms with Gasteiger partial charge in [-0.15, -0.1) is 0 Å². The number of ether oxygens (including phenoxy) is 2. The summed E-state index contributed by atoms with van der Waals surface area (Å²) in [6.07, 6.45) is 0. The first-order valence-corrected chi connectivity index (χ1v) is 7.79. The molecule has 0 aliphatic rings. The van der Waals surface area contributed by atoms with Crippen molar-refractivity contribution in [3.8, 4) is 17.6 Å². The predicted octanol–water partition coefficient (Wildman–Crippen LogP) is 2.57. The largest absolute Gasteiger partial charge is 0.497 e. The summed E-state index contributed by atoms with van der Waals surface area (Å²) < 4.78 is 10.4. The third kappa shape index (κ3) is 4.30. The molecule has 0 heterocycles. The summed E-state index contributed by atoms with van der Waals surface area (Å²) in [5.41, 5.74) is 1.12. The first-order valence-electron chi connectivity index (χ1n) is 7.79.